The van der Waals surface area contributed by atoms with E-state index in [2.05, 4.69) is 0 Å². The van der Waals surface area contributed by atoms with Gasteiger partial charge < -0.3 is 4.90 Å². The number of amides is 3. The maximum Gasteiger partial charge on any atom is 0.327 e. The van der Waals surface area contributed by atoms with Crippen LogP contribution >= 0.6 is 11.8 Å². The van der Waals surface area contributed by atoms with Crippen molar-refractivity contribution in [2.75, 3.05) is 19.3 Å². The molecule has 0 spiro atoms. The molecule has 5 heteroatoms. The van der Waals surface area contributed by atoms with Crippen LogP contribution in [0, 0.1) is 0 Å². The molecule has 0 aromatic carbocycles. The standard InChI is InChI=1S/C11H18N2O2S/c1-11(2)9(14)13(10(15)12(11)3)7-8-5-4-6-16-8/h8H,4-7H2,1-3H3. The molecule has 2 saturated heterocycles. The molecule has 3 amide bonds. The van der Waals surface area contributed by atoms with E-state index >= 15 is 0 Å². The lowest BCUT2D eigenvalue weighted by atomic mass is 10.1. The Morgan fingerprint density at radius 1 is 1.44 bits per heavy atom. The summed E-state index contributed by atoms with van der Waals surface area (Å²) in [7, 11) is 1.70. The molecular formula is C11H18N2O2S. The molecule has 16 heavy (non-hydrogen) atoms. The fourth-order valence-electron chi connectivity index (χ4n) is 2.13. The van der Waals surface area contributed by atoms with Crippen LogP contribution in [0.15, 0.2) is 0 Å². The Labute approximate surface area is 100 Å². The first kappa shape index (κ1) is 11.8. The van der Waals surface area contributed by atoms with Crippen molar-refractivity contribution in [2.45, 2.75) is 37.5 Å². The summed E-state index contributed by atoms with van der Waals surface area (Å²) in [5.74, 6) is 1.09. The number of hydrogen-bond acceptors (Lipinski definition) is 3. The minimum atomic E-state index is -0.680. The number of imide groups is 1. The first-order valence-electron chi connectivity index (χ1n) is 5.66. The van der Waals surface area contributed by atoms with Crippen LogP contribution in [-0.4, -0.2) is 51.9 Å². The van der Waals surface area contributed by atoms with Crippen molar-refractivity contribution in [2.24, 2.45) is 0 Å². The lowest BCUT2D eigenvalue weighted by Gasteiger charge is -2.22. The number of carbonyl (C=O) groups excluding carboxylic acids is 2. The van der Waals surface area contributed by atoms with Crippen LogP contribution in [0.2, 0.25) is 0 Å². The van der Waals surface area contributed by atoms with E-state index in [0.29, 0.717) is 11.8 Å². The fraction of sp³-hybridized carbons (Fsp3) is 0.818. The van der Waals surface area contributed by atoms with Gasteiger partial charge in [0.25, 0.3) is 5.91 Å². The van der Waals surface area contributed by atoms with Gasteiger partial charge in [-0.2, -0.15) is 11.8 Å². The number of thioether (sulfide) groups is 1. The molecule has 2 heterocycles. The third-order valence-electron chi connectivity index (χ3n) is 3.54. The Kier molecular flexibility index (Phi) is 2.90. The van der Waals surface area contributed by atoms with Crippen molar-refractivity contribution in [3.63, 3.8) is 0 Å². The van der Waals surface area contributed by atoms with Crippen LogP contribution in [0.25, 0.3) is 0 Å². The van der Waals surface area contributed by atoms with Crippen molar-refractivity contribution >= 4 is 23.7 Å². The maximum absolute atomic E-state index is 12.1. The van der Waals surface area contributed by atoms with Crippen LogP contribution < -0.4 is 0 Å². The van der Waals surface area contributed by atoms with E-state index < -0.39 is 5.54 Å². The zero-order valence-electron chi connectivity index (χ0n) is 10.0. The largest absolute Gasteiger partial charge is 0.327 e. The smallest absolute Gasteiger partial charge is 0.313 e. The molecule has 1 unspecified atom stereocenters. The Morgan fingerprint density at radius 2 is 2.12 bits per heavy atom. The molecule has 2 aliphatic rings. The normalized spacial score (nSPS) is 29.3. The SMILES string of the molecule is CN1C(=O)N(CC2CCCS2)C(=O)C1(C)C. The van der Waals surface area contributed by atoms with E-state index in [4.69, 9.17) is 0 Å². The van der Waals surface area contributed by atoms with Gasteiger partial charge in [0, 0.05) is 18.8 Å². The van der Waals surface area contributed by atoms with Gasteiger partial charge >= 0.3 is 6.03 Å². The Balaban J connectivity index is 2.10. The zero-order chi connectivity index (χ0) is 11.9. The maximum atomic E-state index is 12.1. The molecule has 0 aromatic rings. The van der Waals surface area contributed by atoms with Gasteiger partial charge in [0.05, 0.1) is 0 Å². The van der Waals surface area contributed by atoms with Crippen LogP contribution in [0.5, 0.6) is 0 Å². The molecule has 0 bridgehead atoms. The van der Waals surface area contributed by atoms with Crippen LogP contribution in [-0.2, 0) is 4.79 Å². The highest BCUT2D eigenvalue weighted by Crippen LogP contribution is 2.31. The van der Waals surface area contributed by atoms with Crippen molar-refractivity contribution in [1.29, 1.82) is 0 Å². The number of urea groups is 1. The molecule has 2 rings (SSSR count). The molecule has 1 atom stereocenters. The Morgan fingerprint density at radius 3 is 2.56 bits per heavy atom. The Bertz CT molecular complexity index is 324. The van der Waals surface area contributed by atoms with E-state index in [1.54, 1.807) is 20.9 Å². The molecule has 0 saturated carbocycles. The highest BCUT2D eigenvalue weighted by Gasteiger charge is 2.49. The van der Waals surface area contributed by atoms with Crippen LogP contribution in [0.3, 0.4) is 0 Å². The summed E-state index contributed by atoms with van der Waals surface area (Å²) in [6.45, 7) is 4.18. The molecule has 0 aliphatic carbocycles. The third-order valence-corrected chi connectivity index (χ3v) is 4.92. The molecule has 4 nitrogen and oxygen atoms in total. The van der Waals surface area contributed by atoms with Crippen molar-refractivity contribution in [1.82, 2.24) is 9.80 Å². The number of carbonyl (C=O) groups is 2. The van der Waals surface area contributed by atoms with Gasteiger partial charge in [0.15, 0.2) is 0 Å². The van der Waals surface area contributed by atoms with Crippen molar-refractivity contribution < 1.29 is 9.59 Å². The van der Waals surface area contributed by atoms with Crippen molar-refractivity contribution in [3.05, 3.63) is 0 Å². The average Bonchev–Trinajstić information content (AvgIpc) is 2.79. The fourth-order valence-corrected chi connectivity index (χ4v) is 3.39. The summed E-state index contributed by atoms with van der Waals surface area (Å²) >= 11 is 1.87. The molecule has 90 valence electrons. The predicted octanol–water partition coefficient (Wildman–Crippen LogP) is 1.55. The van der Waals surface area contributed by atoms with Gasteiger partial charge in [-0.1, -0.05) is 0 Å². The molecular weight excluding hydrogens is 224 g/mol. The number of nitrogens with zero attached hydrogens (tertiary/aromatic N) is 2. The zero-order valence-corrected chi connectivity index (χ0v) is 10.8. The van der Waals surface area contributed by atoms with Gasteiger partial charge in [-0.3, -0.25) is 9.69 Å². The first-order chi connectivity index (χ1) is 7.44. The van der Waals surface area contributed by atoms with Gasteiger partial charge in [0.2, 0.25) is 0 Å². The lowest BCUT2D eigenvalue weighted by Crippen LogP contribution is -2.42. The average molecular weight is 242 g/mol. The van der Waals surface area contributed by atoms with Crippen LogP contribution in [0.4, 0.5) is 4.79 Å². The van der Waals surface area contributed by atoms with E-state index in [9.17, 15) is 9.59 Å². The van der Waals surface area contributed by atoms with Crippen molar-refractivity contribution in [3.8, 4) is 0 Å². The summed E-state index contributed by atoms with van der Waals surface area (Å²) in [5, 5.41) is 0.440. The third kappa shape index (κ3) is 1.71. The summed E-state index contributed by atoms with van der Waals surface area (Å²) in [6.07, 6.45) is 2.32. The highest BCUT2D eigenvalue weighted by molar-refractivity contribution is 8.00. The van der Waals surface area contributed by atoms with E-state index in [-0.39, 0.29) is 11.9 Å². The monoisotopic (exact) mass is 242 g/mol. The molecule has 2 aliphatic heterocycles. The number of likely N-dealkylation sites (N-methyl/N-ethyl adjacent to an activating group) is 1. The van der Waals surface area contributed by atoms with E-state index in [0.717, 1.165) is 12.2 Å². The quantitative estimate of drug-likeness (QED) is 0.690. The molecule has 0 aromatic heterocycles. The summed E-state index contributed by atoms with van der Waals surface area (Å²) in [4.78, 5) is 27.0. The second-order valence-electron chi connectivity index (χ2n) is 4.95. The topological polar surface area (TPSA) is 40.6 Å². The van der Waals surface area contributed by atoms with E-state index in [1.807, 2.05) is 11.8 Å². The van der Waals surface area contributed by atoms with Crippen LogP contribution in [0.1, 0.15) is 26.7 Å². The van der Waals surface area contributed by atoms with Gasteiger partial charge in [-0.05, 0) is 32.4 Å². The summed E-state index contributed by atoms with van der Waals surface area (Å²) < 4.78 is 0. The first-order valence-corrected chi connectivity index (χ1v) is 6.71. The summed E-state index contributed by atoms with van der Waals surface area (Å²) in [6, 6.07) is -0.150. The molecule has 2 fully saturated rings. The Hall–Kier alpha value is -0.710. The lowest BCUT2D eigenvalue weighted by molar-refractivity contribution is -0.131. The minimum absolute atomic E-state index is 0.0625. The minimum Gasteiger partial charge on any atom is -0.313 e. The molecule has 0 radical (unpaired) electrons. The summed E-state index contributed by atoms with van der Waals surface area (Å²) in [5.41, 5.74) is -0.680. The number of hydrogen-bond donors (Lipinski definition) is 0. The second kappa shape index (κ2) is 3.95. The second-order valence-corrected chi connectivity index (χ2v) is 6.36. The van der Waals surface area contributed by atoms with E-state index in [1.165, 1.54) is 16.2 Å². The van der Waals surface area contributed by atoms with Gasteiger partial charge in [-0.15, -0.1) is 0 Å². The van der Waals surface area contributed by atoms with Gasteiger partial charge in [-0.25, -0.2) is 4.79 Å². The molecule has 0 N–H and O–H groups in total. The number of rotatable bonds is 2. The van der Waals surface area contributed by atoms with Gasteiger partial charge in [0.1, 0.15) is 5.54 Å². The predicted molar refractivity (Wildman–Crippen MR) is 64.4 cm³/mol. The highest BCUT2D eigenvalue weighted by atomic mass is 32.2.